The van der Waals surface area contributed by atoms with Crippen LogP contribution < -0.4 is 5.73 Å². The monoisotopic (exact) mass is 70.1 g/mol. The van der Waals surface area contributed by atoms with Crippen LogP contribution in [0.15, 0.2) is 0 Å². The molecule has 1 heteroatoms. The van der Waals surface area contributed by atoms with Crippen LogP contribution in [0, 0.1) is 12.3 Å². The topological polar surface area (TPSA) is 26.0 Å². The Morgan fingerprint density at radius 3 is 2.60 bits per heavy atom. The summed E-state index contributed by atoms with van der Waals surface area (Å²) < 4.78 is 0. The minimum absolute atomic E-state index is 0.787. The van der Waals surface area contributed by atoms with Gasteiger partial charge in [0.05, 0.1) is 0 Å². The molecule has 5 heavy (non-hydrogen) atoms. The van der Waals surface area contributed by atoms with Gasteiger partial charge in [0.15, 0.2) is 0 Å². The molecule has 29 valence electrons. The quantitative estimate of drug-likeness (QED) is 0.467. The minimum Gasteiger partial charge on any atom is -0.330 e. The molecule has 1 unspecified atom stereocenters. The Kier molecular flexibility index (Phi) is 0.618. The van der Waals surface area contributed by atoms with Crippen molar-refractivity contribution in [3.8, 4) is 0 Å². The highest BCUT2D eigenvalue weighted by molar-refractivity contribution is 4.94. The van der Waals surface area contributed by atoms with E-state index in [9.17, 15) is 0 Å². The molecule has 0 aliphatic heterocycles. The van der Waals surface area contributed by atoms with Gasteiger partial charge in [-0.15, -0.1) is 0 Å². The summed E-state index contributed by atoms with van der Waals surface area (Å²) in [4.78, 5) is 0. The molecule has 2 N–H and O–H groups in total. The Balaban J connectivity index is 2.00. The Labute approximate surface area is 32.2 Å². The Hall–Kier alpha value is -0.0400. The zero-order chi connectivity index (χ0) is 3.70. The first kappa shape index (κ1) is 3.16. The maximum Gasteiger partial charge on any atom is -0.00460 e. The molecular formula is C4H8N. The third-order valence-electron chi connectivity index (χ3n) is 0.872. The van der Waals surface area contributed by atoms with Crippen LogP contribution >= 0.6 is 0 Å². The number of nitrogens with two attached hydrogens (primary N) is 1. The highest BCUT2D eigenvalue weighted by atomic mass is 14.6. The molecule has 1 atom stereocenters. The average molecular weight is 70.1 g/mol. The fourth-order valence-corrected chi connectivity index (χ4v) is 0.289. The van der Waals surface area contributed by atoms with Gasteiger partial charge in [0.25, 0.3) is 0 Å². The third-order valence-corrected chi connectivity index (χ3v) is 0.872. The Bertz CT molecular complexity index is 30.6. The second-order valence-corrected chi connectivity index (χ2v) is 1.47. The van der Waals surface area contributed by atoms with Gasteiger partial charge in [-0.25, -0.2) is 0 Å². The van der Waals surface area contributed by atoms with Crippen molar-refractivity contribution in [3.63, 3.8) is 0 Å². The SMILES string of the molecule is NCC1[CH]C1. The van der Waals surface area contributed by atoms with Crippen molar-refractivity contribution in [3.05, 3.63) is 6.42 Å². The first-order valence-electron chi connectivity index (χ1n) is 1.97. The van der Waals surface area contributed by atoms with E-state index in [1.165, 1.54) is 6.42 Å². The van der Waals surface area contributed by atoms with E-state index in [4.69, 9.17) is 5.73 Å². The average Bonchev–Trinajstić information content (AvgIpc) is 2.12. The minimum atomic E-state index is 0.787. The Morgan fingerprint density at radius 1 is 2.00 bits per heavy atom. The zero-order valence-electron chi connectivity index (χ0n) is 3.15. The van der Waals surface area contributed by atoms with Gasteiger partial charge in [-0.05, 0) is 25.3 Å². The summed E-state index contributed by atoms with van der Waals surface area (Å²) in [7, 11) is 0. The van der Waals surface area contributed by atoms with Crippen LogP contribution in [0.3, 0.4) is 0 Å². The second kappa shape index (κ2) is 0.977. The van der Waals surface area contributed by atoms with E-state index in [0.29, 0.717) is 0 Å². The van der Waals surface area contributed by atoms with Gasteiger partial charge in [0, 0.05) is 0 Å². The van der Waals surface area contributed by atoms with Gasteiger partial charge >= 0.3 is 0 Å². The lowest BCUT2D eigenvalue weighted by molar-refractivity contribution is 0.873. The lowest BCUT2D eigenvalue weighted by Gasteiger charge is -1.74. The lowest BCUT2D eigenvalue weighted by atomic mass is 10.5. The van der Waals surface area contributed by atoms with Gasteiger partial charge < -0.3 is 5.73 Å². The lowest BCUT2D eigenvalue weighted by Crippen LogP contribution is -1.98. The van der Waals surface area contributed by atoms with E-state index in [1.54, 1.807) is 0 Å². The fraction of sp³-hybridized carbons (Fsp3) is 0.750. The molecule has 1 radical (unpaired) electrons. The molecule has 0 amide bonds. The summed E-state index contributed by atoms with van der Waals surface area (Å²) >= 11 is 0. The van der Waals surface area contributed by atoms with E-state index >= 15 is 0 Å². The standard InChI is InChI=1S/C4H8N/c5-3-4-1-2-4/h1,4H,2-3,5H2. The molecular weight excluding hydrogens is 62.1 g/mol. The molecule has 1 nitrogen and oxygen atoms in total. The van der Waals surface area contributed by atoms with E-state index in [-0.39, 0.29) is 0 Å². The van der Waals surface area contributed by atoms with Gasteiger partial charge in [0.1, 0.15) is 0 Å². The Morgan fingerprint density at radius 2 is 2.60 bits per heavy atom. The van der Waals surface area contributed by atoms with Crippen molar-refractivity contribution in [1.82, 2.24) is 0 Å². The van der Waals surface area contributed by atoms with Crippen LogP contribution in [-0.2, 0) is 0 Å². The van der Waals surface area contributed by atoms with Crippen molar-refractivity contribution in [2.45, 2.75) is 6.42 Å². The maximum absolute atomic E-state index is 5.20. The summed E-state index contributed by atoms with van der Waals surface area (Å²) in [5.74, 6) is 0.787. The molecule has 0 bridgehead atoms. The van der Waals surface area contributed by atoms with Crippen LogP contribution in [-0.4, -0.2) is 6.54 Å². The van der Waals surface area contributed by atoms with Crippen molar-refractivity contribution in [2.24, 2.45) is 11.7 Å². The van der Waals surface area contributed by atoms with Gasteiger partial charge in [0.2, 0.25) is 0 Å². The van der Waals surface area contributed by atoms with Gasteiger partial charge in [-0.3, -0.25) is 0 Å². The van der Waals surface area contributed by atoms with E-state index in [1.807, 2.05) is 0 Å². The van der Waals surface area contributed by atoms with E-state index in [2.05, 4.69) is 6.42 Å². The molecule has 1 saturated carbocycles. The van der Waals surface area contributed by atoms with Crippen LogP contribution in [0.5, 0.6) is 0 Å². The molecule has 1 aliphatic carbocycles. The first-order chi connectivity index (χ1) is 2.43. The van der Waals surface area contributed by atoms with Crippen molar-refractivity contribution in [2.75, 3.05) is 6.54 Å². The molecule has 0 aromatic heterocycles. The molecule has 1 rings (SSSR count). The zero-order valence-corrected chi connectivity index (χ0v) is 3.15. The molecule has 1 aliphatic rings. The summed E-state index contributed by atoms with van der Waals surface area (Å²) in [5.41, 5.74) is 5.20. The highest BCUT2D eigenvalue weighted by Gasteiger charge is 2.18. The van der Waals surface area contributed by atoms with E-state index in [0.717, 1.165) is 12.5 Å². The van der Waals surface area contributed by atoms with Crippen molar-refractivity contribution < 1.29 is 0 Å². The van der Waals surface area contributed by atoms with Crippen LogP contribution in [0.2, 0.25) is 0 Å². The molecule has 0 heterocycles. The van der Waals surface area contributed by atoms with Crippen molar-refractivity contribution in [1.29, 1.82) is 0 Å². The number of hydrogen-bond acceptors (Lipinski definition) is 1. The van der Waals surface area contributed by atoms with E-state index < -0.39 is 0 Å². The maximum atomic E-state index is 5.20. The van der Waals surface area contributed by atoms with Crippen molar-refractivity contribution >= 4 is 0 Å². The van der Waals surface area contributed by atoms with Crippen LogP contribution in [0.4, 0.5) is 0 Å². The fourth-order valence-electron chi connectivity index (χ4n) is 0.289. The number of rotatable bonds is 1. The molecule has 0 spiro atoms. The van der Waals surface area contributed by atoms with Gasteiger partial charge in [-0.1, -0.05) is 0 Å². The molecule has 0 aromatic rings. The first-order valence-corrected chi connectivity index (χ1v) is 1.97. The summed E-state index contributed by atoms with van der Waals surface area (Å²) in [6, 6.07) is 0. The molecule has 1 fully saturated rings. The summed E-state index contributed by atoms with van der Waals surface area (Å²) in [6.07, 6.45) is 3.48. The third kappa shape index (κ3) is 0.618. The van der Waals surface area contributed by atoms with Crippen LogP contribution in [0.25, 0.3) is 0 Å². The molecule has 0 saturated heterocycles. The summed E-state index contributed by atoms with van der Waals surface area (Å²) in [6.45, 7) is 0.861. The van der Waals surface area contributed by atoms with Crippen LogP contribution in [0.1, 0.15) is 6.42 Å². The predicted molar refractivity (Wildman–Crippen MR) is 21.5 cm³/mol. The van der Waals surface area contributed by atoms with Gasteiger partial charge in [-0.2, -0.15) is 0 Å². The second-order valence-electron chi connectivity index (χ2n) is 1.47. The molecule has 0 aromatic carbocycles. The smallest absolute Gasteiger partial charge is 0.00460 e. The summed E-state index contributed by atoms with van der Waals surface area (Å²) in [5, 5.41) is 0. The highest BCUT2D eigenvalue weighted by Crippen LogP contribution is 2.24. The predicted octanol–water partition coefficient (Wildman–Crippen LogP) is 0.169. The largest absolute Gasteiger partial charge is 0.330 e. The normalized spacial score (nSPS) is 23.4. The number of hydrogen-bond donors (Lipinski definition) is 1.